The number of piperazine rings is 1. The lowest BCUT2D eigenvalue weighted by Gasteiger charge is -2.36. The van der Waals surface area contributed by atoms with Gasteiger partial charge in [-0.25, -0.2) is 17.7 Å². The summed E-state index contributed by atoms with van der Waals surface area (Å²) < 4.78 is 26.0. The van der Waals surface area contributed by atoms with E-state index < -0.39 is 21.9 Å². The van der Waals surface area contributed by atoms with Crippen molar-refractivity contribution in [3.05, 3.63) is 60.1 Å². The van der Waals surface area contributed by atoms with E-state index in [4.69, 9.17) is 0 Å². The molecule has 1 saturated heterocycles. The molecular weight excluding hydrogens is 416 g/mol. The fraction of sp³-hybridized carbons (Fsp3) is 0.409. The summed E-state index contributed by atoms with van der Waals surface area (Å²) in [6.07, 6.45) is 3.37. The number of carbonyl (C=O) groups is 1. The number of sulfonamides is 1. The third-order valence-corrected chi connectivity index (χ3v) is 7.32. The van der Waals surface area contributed by atoms with Crippen LogP contribution in [0.2, 0.25) is 0 Å². The van der Waals surface area contributed by atoms with Crippen molar-refractivity contribution in [3.8, 4) is 0 Å². The van der Waals surface area contributed by atoms with E-state index in [-0.39, 0.29) is 0 Å². The molecule has 0 aliphatic carbocycles. The highest BCUT2D eigenvalue weighted by Crippen LogP contribution is 2.28. The number of rotatable bonds is 8. The Balaban J connectivity index is 1.69. The molecule has 3 rings (SSSR count). The molecule has 1 unspecified atom stereocenters. The first kappa shape index (κ1) is 23.2. The van der Waals surface area contributed by atoms with Crippen LogP contribution in [0.3, 0.4) is 0 Å². The van der Waals surface area contributed by atoms with Gasteiger partial charge < -0.3 is 10.0 Å². The first-order valence-corrected chi connectivity index (χ1v) is 11.6. The van der Waals surface area contributed by atoms with Gasteiger partial charge in [0.05, 0.1) is 10.8 Å². The molecule has 0 amide bonds. The Hall–Kier alpha value is -2.49. The third-order valence-electron chi connectivity index (χ3n) is 5.51. The van der Waals surface area contributed by atoms with Crippen molar-refractivity contribution in [1.29, 1.82) is 0 Å². The van der Waals surface area contributed by atoms with Gasteiger partial charge in [0.1, 0.15) is 5.82 Å². The second kappa shape index (κ2) is 9.76. The van der Waals surface area contributed by atoms with Gasteiger partial charge >= 0.3 is 5.97 Å². The summed E-state index contributed by atoms with van der Waals surface area (Å²) in [6.45, 7) is 5.38. The molecule has 2 heterocycles. The molecule has 1 aromatic carbocycles. The Morgan fingerprint density at radius 2 is 1.90 bits per heavy atom. The molecule has 1 aromatic heterocycles. The van der Waals surface area contributed by atoms with Crippen molar-refractivity contribution in [1.82, 2.24) is 14.2 Å². The zero-order chi connectivity index (χ0) is 22.6. The van der Waals surface area contributed by atoms with Crippen LogP contribution in [0.5, 0.6) is 0 Å². The van der Waals surface area contributed by atoms with Crippen LogP contribution in [-0.4, -0.2) is 74.0 Å². The summed E-state index contributed by atoms with van der Waals surface area (Å²) in [4.78, 5) is 20.8. The van der Waals surface area contributed by atoms with Crippen LogP contribution in [0.1, 0.15) is 24.0 Å². The number of pyridine rings is 1. The van der Waals surface area contributed by atoms with E-state index in [9.17, 15) is 18.3 Å². The molecule has 1 atom stereocenters. The minimum Gasteiger partial charge on any atom is -0.481 e. The Labute approximate surface area is 184 Å². The number of aliphatic carboxylic acids is 1. The van der Waals surface area contributed by atoms with E-state index in [0.717, 1.165) is 31.7 Å². The van der Waals surface area contributed by atoms with E-state index in [0.29, 0.717) is 22.8 Å². The summed E-state index contributed by atoms with van der Waals surface area (Å²) >= 11 is 0. The first-order valence-electron chi connectivity index (χ1n) is 10.2. The van der Waals surface area contributed by atoms with E-state index in [1.165, 1.54) is 18.4 Å². The summed E-state index contributed by atoms with van der Waals surface area (Å²) in [7, 11) is -0.408. The average Bonchev–Trinajstić information content (AvgIpc) is 2.75. The minimum atomic E-state index is -3.46. The highest BCUT2D eigenvalue weighted by Gasteiger charge is 2.26. The Morgan fingerprint density at radius 3 is 2.52 bits per heavy atom. The lowest BCUT2D eigenvalue weighted by molar-refractivity contribution is -0.137. The zero-order valence-electron chi connectivity index (χ0n) is 18.1. The predicted octanol–water partition coefficient (Wildman–Crippen LogP) is 2.05. The van der Waals surface area contributed by atoms with Gasteiger partial charge in [-0.15, -0.1) is 0 Å². The molecule has 8 nitrogen and oxygen atoms in total. The summed E-state index contributed by atoms with van der Waals surface area (Å²) in [5, 5.41) is 9.54. The fourth-order valence-corrected chi connectivity index (χ4v) is 4.74. The molecule has 1 aliphatic heterocycles. The van der Waals surface area contributed by atoms with Crippen molar-refractivity contribution < 1.29 is 18.3 Å². The van der Waals surface area contributed by atoms with Crippen molar-refractivity contribution in [2.75, 3.05) is 45.2 Å². The Bertz CT molecular complexity index is 1020. The second-order valence-corrected chi connectivity index (χ2v) is 9.92. The maximum absolute atomic E-state index is 12.4. The van der Waals surface area contributed by atoms with E-state index in [2.05, 4.69) is 14.8 Å². The SMILES string of the molecule is C[CH]C(C(=O)O)c1cccnc1N1CCN(Cc2cccc(S(=O)(=O)N(C)C)c2)CC1. The van der Waals surface area contributed by atoms with Gasteiger partial charge in [-0.3, -0.25) is 9.69 Å². The summed E-state index contributed by atoms with van der Waals surface area (Å²) in [5.41, 5.74) is 1.65. The Morgan fingerprint density at radius 1 is 1.19 bits per heavy atom. The number of nitrogens with zero attached hydrogens (tertiary/aromatic N) is 4. The predicted molar refractivity (Wildman–Crippen MR) is 119 cm³/mol. The zero-order valence-corrected chi connectivity index (χ0v) is 18.9. The molecule has 0 saturated carbocycles. The molecule has 0 bridgehead atoms. The van der Waals surface area contributed by atoms with E-state index >= 15 is 0 Å². The molecule has 2 aromatic rings. The highest BCUT2D eigenvalue weighted by atomic mass is 32.2. The molecule has 9 heteroatoms. The number of carboxylic acids is 1. The number of benzene rings is 1. The topological polar surface area (TPSA) is 94.0 Å². The van der Waals surface area contributed by atoms with Crippen molar-refractivity contribution >= 4 is 21.8 Å². The average molecular weight is 446 g/mol. The van der Waals surface area contributed by atoms with Crippen molar-refractivity contribution in [2.24, 2.45) is 0 Å². The molecular formula is C22H29N4O4S. The maximum atomic E-state index is 12.4. The summed E-state index contributed by atoms with van der Waals surface area (Å²) in [5.74, 6) is -0.863. The fourth-order valence-electron chi connectivity index (χ4n) is 3.76. The molecule has 1 fully saturated rings. The maximum Gasteiger partial charge on any atom is 0.311 e. The van der Waals surface area contributed by atoms with Crippen LogP contribution in [0.15, 0.2) is 47.5 Å². The van der Waals surface area contributed by atoms with Gasteiger partial charge in [-0.2, -0.15) is 0 Å². The van der Waals surface area contributed by atoms with Crippen LogP contribution < -0.4 is 4.90 Å². The van der Waals surface area contributed by atoms with E-state index in [1.54, 1.807) is 43.8 Å². The molecule has 31 heavy (non-hydrogen) atoms. The molecule has 0 spiro atoms. The van der Waals surface area contributed by atoms with Gasteiger partial charge in [0.2, 0.25) is 10.0 Å². The minimum absolute atomic E-state index is 0.294. The lowest BCUT2D eigenvalue weighted by Crippen LogP contribution is -2.46. The largest absolute Gasteiger partial charge is 0.481 e. The number of hydrogen-bond donors (Lipinski definition) is 1. The number of carboxylic acid groups (broad SMARTS) is 1. The van der Waals surface area contributed by atoms with Crippen LogP contribution in [0.4, 0.5) is 5.82 Å². The van der Waals surface area contributed by atoms with Gasteiger partial charge in [-0.05, 0) is 30.2 Å². The normalized spacial score (nSPS) is 16.5. The van der Waals surface area contributed by atoms with E-state index in [1.807, 2.05) is 12.1 Å². The van der Waals surface area contributed by atoms with Gasteiger partial charge in [-0.1, -0.05) is 25.1 Å². The first-order chi connectivity index (χ1) is 14.7. The Kier molecular flexibility index (Phi) is 7.30. The van der Waals surface area contributed by atoms with Gasteiger partial charge in [0.25, 0.3) is 0 Å². The van der Waals surface area contributed by atoms with Gasteiger partial charge in [0.15, 0.2) is 0 Å². The van der Waals surface area contributed by atoms with Crippen LogP contribution in [-0.2, 0) is 21.4 Å². The standard InChI is InChI=1S/C22H29N4O4S/c1-4-19(22(27)28)20-9-6-10-23-21(20)26-13-11-25(12-14-26)16-17-7-5-8-18(15-17)31(29,30)24(2)3/h4-10,15,19H,11-14,16H2,1-3H3,(H,27,28). The van der Waals surface area contributed by atoms with Crippen LogP contribution >= 0.6 is 0 Å². The molecule has 1 aliphatic rings. The number of anilines is 1. The smallest absolute Gasteiger partial charge is 0.311 e. The molecule has 1 N–H and O–H groups in total. The monoisotopic (exact) mass is 445 g/mol. The van der Waals surface area contributed by atoms with Crippen molar-refractivity contribution in [2.45, 2.75) is 24.3 Å². The second-order valence-electron chi connectivity index (χ2n) is 7.76. The van der Waals surface area contributed by atoms with Crippen LogP contribution in [0.25, 0.3) is 0 Å². The molecule has 167 valence electrons. The molecule has 1 radical (unpaired) electrons. The van der Waals surface area contributed by atoms with Gasteiger partial charge in [0, 0.05) is 58.6 Å². The number of hydrogen-bond acceptors (Lipinski definition) is 6. The third kappa shape index (κ3) is 5.23. The summed E-state index contributed by atoms with van der Waals surface area (Å²) in [6, 6.07) is 10.6. The van der Waals surface area contributed by atoms with Crippen LogP contribution in [0, 0.1) is 6.42 Å². The van der Waals surface area contributed by atoms with Crippen molar-refractivity contribution in [3.63, 3.8) is 0 Å². The quantitative estimate of drug-likeness (QED) is 0.665. The lowest BCUT2D eigenvalue weighted by atomic mass is 9.96. The number of aromatic nitrogens is 1. The highest BCUT2D eigenvalue weighted by molar-refractivity contribution is 7.89.